The fraction of sp³-hybridized carbons (Fsp3) is 0.412. The summed E-state index contributed by atoms with van der Waals surface area (Å²) in [4.78, 5) is 24.0. The van der Waals surface area contributed by atoms with Crippen LogP contribution in [0, 0.1) is 0 Å². The standard InChI is InChI=1S/C17H22N4O5S/c1-19-11-15(16(22)20(2)17(19)23)27(24,25)21-9-8-18-10-13(21)12-6-4-5-7-14(12)26-3/h4-7,11,13,18H,8-10H2,1-3H3. The molecule has 146 valence electrons. The molecule has 2 heterocycles. The lowest BCUT2D eigenvalue weighted by Gasteiger charge is -2.35. The van der Waals surface area contributed by atoms with Gasteiger partial charge in [0.1, 0.15) is 5.75 Å². The summed E-state index contributed by atoms with van der Waals surface area (Å²) in [5.74, 6) is 0.569. The number of sulfonamides is 1. The summed E-state index contributed by atoms with van der Waals surface area (Å²) in [6.45, 7) is 1.03. The normalized spacial score (nSPS) is 18.4. The number of para-hydroxylation sites is 1. The zero-order valence-corrected chi connectivity index (χ0v) is 16.2. The molecule has 1 unspecified atom stereocenters. The number of methoxy groups -OCH3 is 1. The molecule has 1 aromatic heterocycles. The number of ether oxygens (including phenoxy) is 1. The average molecular weight is 394 g/mol. The van der Waals surface area contributed by atoms with E-state index < -0.39 is 32.2 Å². The predicted octanol–water partition coefficient (Wildman–Crippen LogP) is -0.572. The van der Waals surface area contributed by atoms with Gasteiger partial charge in [-0.05, 0) is 6.07 Å². The molecule has 3 rings (SSSR count). The third kappa shape index (κ3) is 3.31. The summed E-state index contributed by atoms with van der Waals surface area (Å²) in [6.07, 6.45) is 1.08. The number of benzene rings is 1. The largest absolute Gasteiger partial charge is 0.496 e. The molecule has 1 aliphatic heterocycles. The first-order chi connectivity index (χ1) is 12.8. The van der Waals surface area contributed by atoms with Gasteiger partial charge in [-0.2, -0.15) is 4.31 Å². The van der Waals surface area contributed by atoms with Gasteiger partial charge in [0.2, 0.25) is 0 Å². The Labute approximate surface area is 156 Å². The maximum absolute atomic E-state index is 13.3. The molecular formula is C17H22N4O5S. The summed E-state index contributed by atoms with van der Waals surface area (Å²) < 4.78 is 35.2. The number of aromatic nitrogens is 2. The van der Waals surface area contributed by atoms with Crippen LogP contribution in [0.25, 0.3) is 0 Å². The molecule has 1 N–H and O–H groups in total. The van der Waals surface area contributed by atoms with Crippen LogP contribution in [0.15, 0.2) is 44.9 Å². The van der Waals surface area contributed by atoms with E-state index in [2.05, 4.69) is 5.32 Å². The lowest BCUT2D eigenvalue weighted by molar-refractivity contribution is 0.264. The zero-order valence-electron chi connectivity index (χ0n) is 15.4. The molecule has 0 radical (unpaired) electrons. The van der Waals surface area contributed by atoms with Gasteiger partial charge in [0.15, 0.2) is 4.90 Å². The van der Waals surface area contributed by atoms with Crippen LogP contribution in [-0.2, 0) is 24.1 Å². The third-order valence-electron chi connectivity index (χ3n) is 4.69. The third-order valence-corrected chi connectivity index (χ3v) is 6.58. The Bertz CT molecular complexity index is 1070. The lowest BCUT2D eigenvalue weighted by Crippen LogP contribution is -2.50. The van der Waals surface area contributed by atoms with E-state index in [1.54, 1.807) is 18.2 Å². The molecular weight excluding hydrogens is 372 g/mol. The van der Waals surface area contributed by atoms with E-state index in [1.165, 1.54) is 25.5 Å². The average Bonchev–Trinajstić information content (AvgIpc) is 2.68. The van der Waals surface area contributed by atoms with Crippen molar-refractivity contribution in [1.29, 1.82) is 0 Å². The molecule has 0 aliphatic carbocycles. The first-order valence-electron chi connectivity index (χ1n) is 8.41. The molecule has 1 fully saturated rings. The second-order valence-electron chi connectivity index (χ2n) is 6.33. The number of rotatable bonds is 4. The highest BCUT2D eigenvalue weighted by Crippen LogP contribution is 2.33. The van der Waals surface area contributed by atoms with E-state index in [0.29, 0.717) is 24.4 Å². The molecule has 1 aliphatic rings. The fourth-order valence-corrected chi connectivity index (χ4v) is 5.01. The first-order valence-corrected chi connectivity index (χ1v) is 9.85. The van der Waals surface area contributed by atoms with Crippen molar-refractivity contribution in [2.45, 2.75) is 10.9 Å². The second kappa shape index (κ2) is 7.29. The topological polar surface area (TPSA) is 103 Å². The Morgan fingerprint density at radius 3 is 2.59 bits per heavy atom. The minimum Gasteiger partial charge on any atom is -0.496 e. The Morgan fingerprint density at radius 1 is 1.19 bits per heavy atom. The van der Waals surface area contributed by atoms with Gasteiger partial charge in [-0.25, -0.2) is 13.2 Å². The Hall–Kier alpha value is -2.43. The van der Waals surface area contributed by atoms with E-state index >= 15 is 0 Å². The quantitative estimate of drug-likeness (QED) is 0.745. The Balaban J connectivity index is 2.15. The molecule has 10 heteroatoms. The molecule has 1 atom stereocenters. The summed E-state index contributed by atoms with van der Waals surface area (Å²) in [7, 11) is 0.0684. The van der Waals surface area contributed by atoms with Gasteiger partial charge < -0.3 is 14.6 Å². The molecule has 9 nitrogen and oxygen atoms in total. The van der Waals surface area contributed by atoms with Crippen LogP contribution < -0.4 is 21.3 Å². The monoisotopic (exact) mass is 394 g/mol. The van der Waals surface area contributed by atoms with Gasteiger partial charge in [-0.3, -0.25) is 9.36 Å². The highest BCUT2D eigenvalue weighted by molar-refractivity contribution is 7.89. The van der Waals surface area contributed by atoms with Crippen LogP contribution in [-0.4, -0.2) is 48.6 Å². The maximum Gasteiger partial charge on any atom is 0.330 e. The van der Waals surface area contributed by atoms with E-state index in [-0.39, 0.29) is 6.54 Å². The predicted molar refractivity (Wildman–Crippen MR) is 99.4 cm³/mol. The van der Waals surface area contributed by atoms with Crippen LogP contribution in [0.5, 0.6) is 5.75 Å². The van der Waals surface area contributed by atoms with Gasteiger partial charge in [0, 0.05) is 45.5 Å². The SMILES string of the molecule is COc1ccccc1C1CNCCN1S(=O)(=O)c1cn(C)c(=O)n(C)c1=O. The van der Waals surface area contributed by atoms with Crippen molar-refractivity contribution in [3.05, 3.63) is 56.9 Å². The van der Waals surface area contributed by atoms with Gasteiger partial charge in [0.05, 0.1) is 13.2 Å². The van der Waals surface area contributed by atoms with E-state index in [0.717, 1.165) is 15.3 Å². The van der Waals surface area contributed by atoms with E-state index in [4.69, 9.17) is 4.74 Å². The maximum atomic E-state index is 13.3. The molecule has 1 saturated heterocycles. The van der Waals surface area contributed by atoms with Crippen LogP contribution in [0.3, 0.4) is 0 Å². The first kappa shape index (κ1) is 19.3. The molecule has 1 aromatic carbocycles. The van der Waals surface area contributed by atoms with Crippen molar-refractivity contribution >= 4 is 10.0 Å². The van der Waals surface area contributed by atoms with Gasteiger partial charge in [-0.1, -0.05) is 18.2 Å². The number of nitrogens with one attached hydrogen (secondary N) is 1. The van der Waals surface area contributed by atoms with Crippen LogP contribution in [0.4, 0.5) is 0 Å². The summed E-state index contributed by atoms with van der Waals surface area (Å²) in [5.41, 5.74) is -0.714. The summed E-state index contributed by atoms with van der Waals surface area (Å²) >= 11 is 0. The molecule has 2 aromatic rings. The van der Waals surface area contributed by atoms with Crippen molar-refractivity contribution in [2.75, 3.05) is 26.7 Å². The van der Waals surface area contributed by atoms with Crippen LogP contribution in [0.2, 0.25) is 0 Å². The Morgan fingerprint density at radius 2 is 1.89 bits per heavy atom. The van der Waals surface area contributed by atoms with Crippen LogP contribution >= 0.6 is 0 Å². The Kier molecular flexibility index (Phi) is 5.22. The number of hydrogen-bond donors (Lipinski definition) is 1. The number of nitrogens with zero attached hydrogens (tertiary/aromatic N) is 3. The number of piperazine rings is 1. The lowest BCUT2D eigenvalue weighted by atomic mass is 10.0. The fourth-order valence-electron chi connectivity index (χ4n) is 3.26. The van der Waals surface area contributed by atoms with E-state index in [9.17, 15) is 18.0 Å². The van der Waals surface area contributed by atoms with Gasteiger partial charge in [-0.15, -0.1) is 0 Å². The van der Waals surface area contributed by atoms with Crippen LogP contribution in [0.1, 0.15) is 11.6 Å². The highest BCUT2D eigenvalue weighted by Gasteiger charge is 2.37. The second-order valence-corrected chi connectivity index (χ2v) is 8.19. The highest BCUT2D eigenvalue weighted by atomic mass is 32.2. The molecule has 27 heavy (non-hydrogen) atoms. The van der Waals surface area contributed by atoms with Crippen molar-refractivity contribution in [3.8, 4) is 5.75 Å². The molecule has 0 spiro atoms. The van der Waals surface area contributed by atoms with Crippen molar-refractivity contribution < 1.29 is 13.2 Å². The summed E-state index contributed by atoms with van der Waals surface area (Å²) in [6, 6.07) is 6.64. The van der Waals surface area contributed by atoms with Crippen molar-refractivity contribution in [3.63, 3.8) is 0 Å². The van der Waals surface area contributed by atoms with Gasteiger partial charge >= 0.3 is 5.69 Å². The molecule has 0 bridgehead atoms. The van der Waals surface area contributed by atoms with E-state index in [1.807, 2.05) is 6.07 Å². The van der Waals surface area contributed by atoms with Crippen molar-refractivity contribution in [2.24, 2.45) is 14.1 Å². The smallest absolute Gasteiger partial charge is 0.330 e. The molecule has 0 saturated carbocycles. The zero-order chi connectivity index (χ0) is 19.8. The molecule has 0 amide bonds. The minimum absolute atomic E-state index is 0.192. The number of hydrogen-bond acceptors (Lipinski definition) is 6. The van der Waals surface area contributed by atoms with Gasteiger partial charge in [0.25, 0.3) is 15.6 Å². The number of aryl methyl sites for hydroxylation is 1. The van der Waals surface area contributed by atoms with Crippen molar-refractivity contribution in [1.82, 2.24) is 18.8 Å². The summed E-state index contributed by atoms with van der Waals surface area (Å²) in [5, 5.41) is 3.18. The minimum atomic E-state index is -4.13.